The summed E-state index contributed by atoms with van der Waals surface area (Å²) in [6.45, 7) is 4.61. The van der Waals surface area contributed by atoms with Crippen LogP contribution in [0.2, 0.25) is 0 Å². The van der Waals surface area contributed by atoms with Gasteiger partial charge >= 0.3 is 0 Å². The van der Waals surface area contributed by atoms with Crippen molar-refractivity contribution in [1.82, 2.24) is 9.47 Å². The van der Waals surface area contributed by atoms with Crippen molar-refractivity contribution in [2.24, 2.45) is 5.73 Å². The van der Waals surface area contributed by atoms with Crippen LogP contribution in [0.3, 0.4) is 0 Å². The van der Waals surface area contributed by atoms with E-state index in [4.69, 9.17) is 10.5 Å². The number of likely N-dealkylation sites (N-methyl/N-ethyl adjacent to an activating group) is 1. The number of hydrogen-bond acceptors (Lipinski definition) is 3. The number of nitrogens with two attached hydrogens (primary N) is 1. The lowest BCUT2D eigenvalue weighted by molar-refractivity contribution is 0.0999. The first kappa shape index (κ1) is 23.6. The SMILES string of the molecule is CCN(CCCCn1ccc2ccc(F)cc21)C1=Cc2c(C(N)=O)ccc(F)c2OC1.Cl. The average molecular weight is 462 g/mol. The minimum Gasteiger partial charge on any atom is -0.484 e. The number of halogens is 3. The van der Waals surface area contributed by atoms with Crippen molar-refractivity contribution in [3.8, 4) is 5.75 Å². The van der Waals surface area contributed by atoms with E-state index in [-0.39, 0.29) is 36.1 Å². The van der Waals surface area contributed by atoms with Crippen LogP contribution in [-0.4, -0.2) is 35.1 Å². The summed E-state index contributed by atoms with van der Waals surface area (Å²) in [4.78, 5) is 13.9. The van der Waals surface area contributed by atoms with Crippen LogP contribution in [0.4, 0.5) is 8.78 Å². The van der Waals surface area contributed by atoms with Gasteiger partial charge in [0, 0.05) is 31.4 Å². The smallest absolute Gasteiger partial charge is 0.249 e. The highest BCUT2D eigenvalue weighted by Crippen LogP contribution is 2.33. The molecule has 5 nitrogen and oxygen atoms in total. The van der Waals surface area contributed by atoms with Gasteiger partial charge in [0.25, 0.3) is 0 Å². The lowest BCUT2D eigenvalue weighted by Gasteiger charge is -2.30. The number of carbonyl (C=O) groups is 1. The molecule has 170 valence electrons. The molecule has 0 fully saturated rings. The number of nitrogens with zero attached hydrogens (tertiary/aromatic N) is 2. The maximum Gasteiger partial charge on any atom is 0.249 e. The molecular weight excluding hydrogens is 436 g/mol. The summed E-state index contributed by atoms with van der Waals surface area (Å²) in [5, 5.41) is 1.03. The zero-order chi connectivity index (χ0) is 22.0. The number of fused-ring (bicyclic) bond motifs is 2. The molecule has 2 aromatic carbocycles. The molecule has 2 N–H and O–H groups in total. The third-order valence-electron chi connectivity index (χ3n) is 5.69. The van der Waals surface area contributed by atoms with Crippen molar-refractivity contribution in [1.29, 1.82) is 0 Å². The number of aryl methyl sites for hydroxylation is 1. The molecule has 0 atom stereocenters. The van der Waals surface area contributed by atoms with Gasteiger partial charge in [0.05, 0.1) is 16.8 Å². The van der Waals surface area contributed by atoms with Crippen molar-refractivity contribution < 1.29 is 18.3 Å². The molecule has 0 saturated heterocycles. The highest BCUT2D eigenvalue weighted by atomic mass is 35.5. The van der Waals surface area contributed by atoms with E-state index >= 15 is 0 Å². The van der Waals surface area contributed by atoms with Crippen molar-refractivity contribution in [2.75, 3.05) is 19.7 Å². The topological polar surface area (TPSA) is 60.5 Å². The van der Waals surface area contributed by atoms with Gasteiger partial charge in [-0.2, -0.15) is 0 Å². The van der Waals surface area contributed by atoms with Crippen LogP contribution in [0.15, 0.2) is 48.3 Å². The van der Waals surface area contributed by atoms with Gasteiger partial charge in [0.2, 0.25) is 5.91 Å². The summed E-state index contributed by atoms with van der Waals surface area (Å²) in [7, 11) is 0. The molecule has 32 heavy (non-hydrogen) atoms. The molecule has 2 heterocycles. The Kier molecular flexibility index (Phi) is 7.40. The molecule has 0 saturated carbocycles. The highest BCUT2D eigenvalue weighted by Gasteiger charge is 2.23. The van der Waals surface area contributed by atoms with Crippen LogP contribution in [0.1, 0.15) is 35.7 Å². The van der Waals surface area contributed by atoms with Crippen molar-refractivity contribution >= 4 is 35.3 Å². The lowest BCUT2D eigenvalue weighted by Crippen LogP contribution is -2.29. The molecule has 8 heteroatoms. The van der Waals surface area contributed by atoms with E-state index < -0.39 is 11.7 Å². The van der Waals surface area contributed by atoms with Crippen molar-refractivity contribution in [2.45, 2.75) is 26.3 Å². The second kappa shape index (κ2) is 10.0. The van der Waals surface area contributed by atoms with Gasteiger partial charge < -0.3 is 19.9 Å². The minimum atomic E-state index is -0.615. The van der Waals surface area contributed by atoms with Crippen LogP contribution in [-0.2, 0) is 6.54 Å². The van der Waals surface area contributed by atoms with E-state index in [1.165, 1.54) is 18.2 Å². The van der Waals surface area contributed by atoms with E-state index in [9.17, 15) is 13.6 Å². The van der Waals surface area contributed by atoms with Crippen LogP contribution >= 0.6 is 12.4 Å². The van der Waals surface area contributed by atoms with E-state index in [2.05, 4.69) is 9.47 Å². The standard InChI is InChI=1S/C24H25F2N3O2.ClH/c1-2-28(10-3-4-11-29-12-9-16-5-6-17(25)13-22(16)29)18-14-20-19(24(27)30)7-8-21(26)23(20)31-15-18;/h5-9,12-14H,2-4,10-11,15H2,1H3,(H2,27,30);1H. The molecule has 0 aliphatic carbocycles. The van der Waals surface area contributed by atoms with E-state index in [1.54, 1.807) is 18.2 Å². The van der Waals surface area contributed by atoms with E-state index in [0.29, 0.717) is 5.56 Å². The highest BCUT2D eigenvalue weighted by molar-refractivity contribution is 5.98. The van der Waals surface area contributed by atoms with Crippen LogP contribution in [0.25, 0.3) is 17.0 Å². The van der Waals surface area contributed by atoms with Gasteiger partial charge in [0.1, 0.15) is 12.4 Å². The first-order valence-corrected chi connectivity index (χ1v) is 10.4. The number of hydrogen-bond donors (Lipinski definition) is 1. The number of ether oxygens (including phenoxy) is 1. The fourth-order valence-electron chi connectivity index (χ4n) is 4.06. The first-order chi connectivity index (χ1) is 15.0. The van der Waals surface area contributed by atoms with Gasteiger partial charge in [-0.25, -0.2) is 8.78 Å². The van der Waals surface area contributed by atoms with Crippen molar-refractivity contribution in [3.05, 3.63) is 71.1 Å². The van der Waals surface area contributed by atoms with E-state index in [0.717, 1.165) is 49.1 Å². The fraction of sp³-hybridized carbons (Fsp3) is 0.292. The predicted octanol–water partition coefficient (Wildman–Crippen LogP) is 4.98. The number of carbonyl (C=O) groups excluding carboxylic acids is 1. The summed E-state index contributed by atoms with van der Waals surface area (Å²) >= 11 is 0. The van der Waals surface area contributed by atoms with Crippen molar-refractivity contribution in [3.63, 3.8) is 0 Å². The molecule has 0 spiro atoms. The quantitative estimate of drug-likeness (QED) is 0.481. The van der Waals surface area contributed by atoms with Crippen LogP contribution in [0, 0.1) is 11.6 Å². The monoisotopic (exact) mass is 461 g/mol. The number of aromatic nitrogens is 1. The third kappa shape index (κ3) is 4.72. The van der Waals surface area contributed by atoms with Gasteiger partial charge in [-0.3, -0.25) is 4.79 Å². The summed E-state index contributed by atoms with van der Waals surface area (Å²) in [6, 6.07) is 9.40. The average Bonchev–Trinajstić information content (AvgIpc) is 3.15. The normalized spacial score (nSPS) is 12.5. The van der Waals surface area contributed by atoms with Crippen LogP contribution in [0.5, 0.6) is 5.75 Å². The molecule has 1 aliphatic rings. The molecule has 0 unspecified atom stereocenters. The first-order valence-electron chi connectivity index (χ1n) is 10.4. The Morgan fingerprint density at radius 3 is 2.75 bits per heavy atom. The number of primary amides is 1. The molecule has 0 radical (unpaired) electrons. The zero-order valence-corrected chi connectivity index (χ0v) is 18.6. The second-order valence-corrected chi connectivity index (χ2v) is 7.63. The van der Waals surface area contributed by atoms with Gasteiger partial charge in [-0.1, -0.05) is 0 Å². The maximum absolute atomic E-state index is 14.1. The lowest BCUT2D eigenvalue weighted by atomic mass is 10.0. The number of benzene rings is 2. The Morgan fingerprint density at radius 2 is 2.00 bits per heavy atom. The number of amides is 1. The maximum atomic E-state index is 14.1. The Bertz CT molecular complexity index is 1160. The molecule has 1 amide bonds. The Morgan fingerprint density at radius 1 is 1.19 bits per heavy atom. The number of rotatable bonds is 8. The number of unbranched alkanes of at least 4 members (excludes halogenated alkanes) is 1. The summed E-state index contributed by atoms with van der Waals surface area (Å²) in [5.41, 5.74) is 7.88. The molecule has 0 bridgehead atoms. The molecule has 3 aromatic rings. The molecular formula is C24H26ClF2N3O2. The third-order valence-corrected chi connectivity index (χ3v) is 5.69. The molecule has 1 aliphatic heterocycles. The Hall–Kier alpha value is -3.06. The Balaban J connectivity index is 0.00000289. The van der Waals surface area contributed by atoms with Crippen LogP contribution < -0.4 is 10.5 Å². The van der Waals surface area contributed by atoms with E-state index in [1.807, 2.05) is 19.2 Å². The predicted molar refractivity (Wildman–Crippen MR) is 124 cm³/mol. The zero-order valence-electron chi connectivity index (χ0n) is 17.8. The largest absolute Gasteiger partial charge is 0.484 e. The van der Waals surface area contributed by atoms with Gasteiger partial charge in [-0.05, 0) is 67.6 Å². The summed E-state index contributed by atoms with van der Waals surface area (Å²) in [5.74, 6) is -1.28. The minimum absolute atomic E-state index is 0. The molecule has 4 rings (SSSR count). The second-order valence-electron chi connectivity index (χ2n) is 7.63. The molecule has 1 aromatic heterocycles. The van der Waals surface area contributed by atoms with Gasteiger partial charge in [0.15, 0.2) is 11.6 Å². The summed E-state index contributed by atoms with van der Waals surface area (Å²) < 4.78 is 35.4. The Labute approximate surface area is 191 Å². The fourth-order valence-corrected chi connectivity index (χ4v) is 4.06. The van der Waals surface area contributed by atoms with Gasteiger partial charge in [-0.15, -0.1) is 12.4 Å². The summed E-state index contributed by atoms with van der Waals surface area (Å²) in [6.07, 6.45) is 5.62.